The van der Waals surface area contributed by atoms with Gasteiger partial charge in [0, 0.05) is 6.20 Å². The Morgan fingerprint density at radius 3 is 2.14 bits per heavy atom. The van der Waals surface area contributed by atoms with E-state index < -0.39 is 11.2 Å². The topological polar surface area (TPSA) is 56.9 Å². The molecule has 0 atom stereocenters. The molecule has 0 aliphatic carbocycles. The summed E-state index contributed by atoms with van der Waals surface area (Å²) >= 11 is 0. The summed E-state index contributed by atoms with van der Waals surface area (Å²) in [5, 5.41) is 0. The van der Waals surface area contributed by atoms with Gasteiger partial charge in [-0.25, -0.2) is 14.2 Å². The third-order valence-electron chi connectivity index (χ3n) is 4.70. The van der Waals surface area contributed by atoms with Crippen LogP contribution in [0.3, 0.4) is 0 Å². The molecule has 4 rings (SSSR count). The Hall–Kier alpha value is -3.54. The molecule has 2 heterocycles. The van der Waals surface area contributed by atoms with Crippen molar-refractivity contribution in [3.05, 3.63) is 110 Å². The smallest absolute Gasteiger partial charge is 0.287 e. The lowest BCUT2D eigenvalue weighted by molar-refractivity contribution is 0.620. The molecule has 0 saturated carbocycles. The first kappa shape index (κ1) is 17.9. The molecule has 0 fully saturated rings. The number of rotatable bonds is 4. The van der Waals surface area contributed by atoms with Crippen molar-refractivity contribution in [3.63, 3.8) is 0 Å². The molecular formula is C22H18FN3O2. The van der Waals surface area contributed by atoms with Gasteiger partial charge in [-0.1, -0.05) is 42.0 Å². The summed E-state index contributed by atoms with van der Waals surface area (Å²) in [7, 11) is 0. The highest BCUT2D eigenvalue weighted by molar-refractivity contribution is 5.73. The van der Waals surface area contributed by atoms with E-state index in [2.05, 4.69) is 4.98 Å². The molecule has 0 N–H and O–H groups in total. The van der Waals surface area contributed by atoms with Crippen LogP contribution in [0.2, 0.25) is 0 Å². The van der Waals surface area contributed by atoms with E-state index in [-0.39, 0.29) is 24.4 Å². The summed E-state index contributed by atoms with van der Waals surface area (Å²) in [5.41, 5.74) is 2.57. The summed E-state index contributed by atoms with van der Waals surface area (Å²) in [4.78, 5) is 30.3. The van der Waals surface area contributed by atoms with E-state index >= 15 is 0 Å². The summed E-state index contributed by atoms with van der Waals surface area (Å²) in [5.74, 6) is -0.341. The first-order chi connectivity index (χ1) is 13.5. The second-order valence-corrected chi connectivity index (χ2v) is 6.74. The van der Waals surface area contributed by atoms with E-state index in [1.165, 1.54) is 27.5 Å². The van der Waals surface area contributed by atoms with Crippen molar-refractivity contribution in [1.29, 1.82) is 0 Å². The molecule has 140 valence electrons. The van der Waals surface area contributed by atoms with E-state index in [4.69, 9.17) is 0 Å². The predicted molar refractivity (Wildman–Crippen MR) is 106 cm³/mol. The fraction of sp³-hybridized carbons (Fsp3) is 0.136. The van der Waals surface area contributed by atoms with Crippen LogP contribution in [0, 0.1) is 12.7 Å². The van der Waals surface area contributed by atoms with Gasteiger partial charge >= 0.3 is 5.69 Å². The Balaban J connectivity index is 1.88. The normalized spacial score (nSPS) is 11.1. The fourth-order valence-corrected chi connectivity index (χ4v) is 3.18. The first-order valence-corrected chi connectivity index (χ1v) is 8.91. The molecule has 28 heavy (non-hydrogen) atoms. The number of fused-ring (bicyclic) bond motifs is 1. The molecule has 0 bridgehead atoms. The quantitative estimate of drug-likeness (QED) is 0.551. The van der Waals surface area contributed by atoms with Gasteiger partial charge in [-0.05, 0) is 42.3 Å². The molecule has 0 radical (unpaired) electrons. The Morgan fingerprint density at radius 2 is 1.46 bits per heavy atom. The third-order valence-corrected chi connectivity index (χ3v) is 4.70. The second-order valence-electron chi connectivity index (χ2n) is 6.74. The average Bonchev–Trinajstić information content (AvgIpc) is 2.71. The van der Waals surface area contributed by atoms with Gasteiger partial charge in [-0.3, -0.25) is 13.9 Å². The predicted octanol–water partition coefficient (Wildman–Crippen LogP) is 3.10. The number of aromatic nitrogens is 3. The molecule has 0 unspecified atom stereocenters. The highest BCUT2D eigenvalue weighted by Crippen LogP contribution is 2.10. The van der Waals surface area contributed by atoms with E-state index in [9.17, 15) is 14.0 Å². The standard InChI is InChI=1S/C22H18FN3O2/c1-15-4-6-16(7-5-15)14-26-21(27)20-19(3-2-12-24-20)25(22(26)28)13-17-8-10-18(23)11-9-17/h2-12H,13-14H2,1H3. The van der Waals surface area contributed by atoms with Crippen molar-refractivity contribution in [2.24, 2.45) is 0 Å². The second kappa shape index (κ2) is 7.23. The minimum atomic E-state index is -0.421. The van der Waals surface area contributed by atoms with Crippen LogP contribution < -0.4 is 11.2 Å². The van der Waals surface area contributed by atoms with Crippen LogP contribution in [0.15, 0.2) is 76.4 Å². The summed E-state index contributed by atoms with van der Waals surface area (Å²) in [6.45, 7) is 2.36. The van der Waals surface area contributed by atoms with Gasteiger partial charge in [0.2, 0.25) is 0 Å². The maximum absolute atomic E-state index is 13.2. The summed E-state index contributed by atoms with van der Waals surface area (Å²) in [6.07, 6.45) is 1.53. The largest absolute Gasteiger partial charge is 0.332 e. The lowest BCUT2D eigenvalue weighted by Gasteiger charge is -2.14. The van der Waals surface area contributed by atoms with Crippen LogP contribution in [0.1, 0.15) is 16.7 Å². The Morgan fingerprint density at radius 1 is 0.857 bits per heavy atom. The molecule has 0 amide bonds. The van der Waals surface area contributed by atoms with Crippen molar-refractivity contribution in [2.75, 3.05) is 0 Å². The number of nitrogens with zero attached hydrogens (tertiary/aromatic N) is 3. The number of hydrogen-bond donors (Lipinski definition) is 0. The van der Waals surface area contributed by atoms with Gasteiger partial charge in [-0.2, -0.15) is 0 Å². The zero-order chi connectivity index (χ0) is 19.7. The number of benzene rings is 2. The fourth-order valence-electron chi connectivity index (χ4n) is 3.18. The highest BCUT2D eigenvalue weighted by Gasteiger charge is 2.14. The number of hydrogen-bond acceptors (Lipinski definition) is 3. The van der Waals surface area contributed by atoms with Crippen molar-refractivity contribution in [3.8, 4) is 0 Å². The molecule has 0 aliphatic heterocycles. The van der Waals surface area contributed by atoms with Gasteiger partial charge in [0.05, 0.1) is 18.6 Å². The van der Waals surface area contributed by atoms with E-state index in [0.717, 1.165) is 16.7 Å². The average molecular weight is 375 g/mol. The highest BCUT2D eigenvalue weighted by atomic mass is 19.1. The van der Waals surface area contributed by atoms with Crippen molar-refractivity contribution in [2.45, 2.75) is 20.0 Å². The van der Waals surface area contributed by atoms with Crippen LogP contribution in [0.5, 0.6) is 0 Å². The molecule has 0 spiro atoms. The summed E-state index contributed by atoms with van der Waals surface area (Å²) < 4.78 is 15.9. The summed E-state index contributed by atoms with van der Waals surface area (Å²) in [6, 6.07) is 17.0. The maximum atomic E-state index is 13.2. The lowest BCUT2D eigenvalue weighted by Crippen LogP contribution is -2.40. The zero-order valence-electron chi connectivity index (χ0n) is 15.3. The Labute approximate surface area is 160 Å². The van der Waals surface area contributed by atoms with E-state index in [1.807, 2.05) is 31.2 Å². The van der Waals surface area contributed by atoms with Gasteiger partial charge in [-0.15, -0.1) is 0 Å². The monoisotopic (exact) mass is 375 g/mol. The first-order valence-electron chi connectivity index (χ1n) is 8.91. The number of pyridine rings is 1. The Kier molecular flexibility index (Phi) is 4.61. The van der Waals surface area contributed by atoms with Crippen molar-refractivity contribution >= 4 is 11.0 Å². The van der Waals surface area contributed by atoms with Crippen LogP contribution in [-0.4, -0.2) is 14.1 Å². The van der Waals surface area contributed by atoms with E-state index in [0.29, 0.717) is 5.52 Å². The van der Waals surface area contributed by atoms with Gasteiger partial charge in [0.15, 0.2) is 5.52 Å². The minimum Gasteiger partial charge on any atom is -0.287 e. The molecular weight excluding hydrogens is 357 g/mol. The molecule has 0 saturated heterocycles. The molecule has 5 nitrogen and oxygen atoms in total. The SMILES string of the molecule is Cc1ccc(Cn2c(=O)c3ncccc3n(Cc3ccc(F)cc3)c2=O)cc1. The van der Waals surface area contributed by atoms with Crippen molar-refractivity contribution < 1.29 is 4.39 Å². The molecule has 6 heteroatoms. The van der Waals surface area contributed by atoms with Crippen LogP contribution in [-0.2, 0) is 13.1 Å². The number of halogens is 1. The van der Waals surface area contributed by atoms with Crippen LogP contribution in [0.25, 0.3) is 11.0 Å². The molecule has 0 aliphatic rings. The molecule has 4 aromatic rings. The van der Waals surface area contributed by atoms with Crippen LogP contribution in [0.4, 0.5) is 4.39 Å². The van der Waals surface area contributed by atoms with Crippen molar-refractivity contribution in [1.82, 2.24) is 14.1 Å². The number of aryl methyl sites for hydroxylation is 1. The van der Waals surface area contributed by atoms with Gasteiger partial charge < -0.3 is 0 Å². The third kappa shape index (κ3) is 3.36. The Bertz CT molecular complexity index is 1260. The van der Waals surface area contributed by atoms with Crippen LogP contribution >= 0.6 is 0 Å². The molecule has 2 aromatic heterocycles. The van der Waals surface area contributed by atoms with Gasteiger partial charge in [0.1, 0.15) is 5.82 Å². The zero-order valence-corrected chi connectivity index (χ0v) is 15.3. The lowest BCUT2D eigenvalue weighted by atomic mass is 10.1. The van der Waals surface area contributed by atoms with E-state index in [1.54, 1.807) is 24.3 Å². The minimum absolute atomic E-state index is 0.161. The maximum Gasteiger partial charge on any atom is 0.332 e. The molecule has 2 aromatic carbocycles. The van der Waals surface area contributed by atoms with Gasteiger partial charge in [0.25, 0.3) is 5.56 Å².